The van der Waals surface area contributed by atoms with E-state index in [4.69, 9.17) is 11.6 Å². The quantitative estimate of drug-likeness (QED) is 0.523. The molecule has 0 amide bonds. The average molecular weight is 165 g/mol. The highest BCUT2D eigenvalue weighted by atomic mass is 35.5. The van der Waals surface area contributed by atoms with Crippen LogP contribution >= 0.6 is 11.6 Å². The standard InChI is InChI=1S/C10H9Cl/c1-2-5-9-6-3-4-7-10(11)8-9/h2,5-6,8H,7H2,1H3/b5-2+. The van der Waals surface area contributed by atoms with Gasteiger partial charge in [-0.2, -0.15) is 0 Å². The molecule has 0 aromatic heterocycles. The lowest BCUT2D eigenvalue weighted by Crippen LogP contribution is -1.71. The molecule has 0 spiro atoms. The van der Waals surface area contributed by atoms with Crippen molar-refractivity contribution >= 4 is 11.6 Å². The topological polar surface area (TPSA) is 0 Å². The van der Waals surface area contributed by atoms with Crippen molar-refractivity contribution in [2.45, 2.75) is 13.3 Å². The summed E-state index contributed by atoms with van der Waals surface area (Å²) in [6, 6.07) is 0. The lowest BCUT2D eigenvalue weighted by atomic mass is 10.2. The zero-order chi connectivity index (χ0) is 8.10. The minimum atomic E-state index is 0.666. The van der Waals surface area contributed by atoms with E-state index in [2.05, 4.69) is 11.8 Å². The van der Waals surface area contributed by atoms with Crippen molar-refractivity contribution < 1.29 is 0 Å². The number of hydrogen-bond donors (Lipinski definition) is 0. The van der Waals surface area contributed by atoms with Crippen LogP contribution in [0.2, 0.25) is 0 Å². The SMILES string of the molecule is C/C=C/C1=CC#CCC(Cl)=C1. The fourth-order valence-corrected chi connectivity index (χ4v) is 1.02. The molecule has 0 bridgehead atoms. The van der Waals surface area contributed by atoms with Crippen molar-refractivity contribution in [1.29, 1.82) is 0 Å². The molecule has 0 aromatic rings. The summed E-state index contributed by atoms with van der Waals surface area (Å²) in [7, 11) is 0. The number of rotatable bonds is 1. The number of hydrogen-bond acceptors (Lipinski definition) is 0. The van der Waals surface area contributed by atoms with E-state index in [-0.39, 0.29) is 0 Å². The predicted octanol–water partition coefficient (Wildman–Crippen LogP) is 3.02. The molecular formula is C10H9Cl. The van der Waals surface area contributed by atoms with Crippen LogP contribution in [-0.2, 0) is 0 Å². The van der Waals surface area contributed by atoms with Gasteiger partial charge in [0, 0.05) is 11.5 Å². The number of halogens is 1. The van der Waals surface area contributed by atoms with Crippen molar-refractivity contribution in [3.63, 3.8) is 0 Å². The third-order valence-corrected chi connectivity index (χ3v) is 1.52. The van der Waals surface area contributed by atoms with E-state index in [9.17, 15) is 0 Å². The summed E-state index contributed by atoms with van der Waals surface area (Å²) in [5.74, 6) is 5.84. The van der Waals surface area contributed by atoms with Crippen LogP contribution in [0, 0.1) is 11.8 Å². The fourth-order valence-electron chi connectivity index (χ4n) is 0.832. The van der Waals surface area contributed by atoms with Crippen LogP contribution in [-0.4, -0.2) is 0 Å². The molecule has 0 N–H and O–H groups in total. The highest BCUT2D eigenvalue weighted by Crippen LogP contribution is 2.13. The van der Waals surface area contributed by atoms with E-state index in [0.717, 1.165) is 10.6 Å². The van der Waals surface area contributed by atoms with Gasteiger partial charge in [-0.1, -0.05) is 35.6 Å². The normalized spacial score (nSPS) is 16.5. The third kappa shape index (κ3) is 2.65. The average Bonchev–Trinajstić information content (AvgIpc) is 2.15. The monoisotopic (exact) mass is 164 g/mol. The highest BCUT2D eigenvalue weighted by molar-refractivity contribution is 6.30. The Labute approximate surface area is 72.3 Å². The molecule has 0 radical (unpaired) electrons. The first-order chi connectivity index (χ1) is 5.33. The summed E-state index contributed by atoms with van der Waals surface area (Å²) < 4.78 is 0. The molecule has 0 fully saturated rings. The maximum absolute atomic E-state index is 5.84. The Morgan fingerprint density at radius 3 is 3.18 bits per heavy atom. The van der Waals surface area contributed by atoms with Gasteiger partial charge in [-0.15, -0.1) is 0 Å². The second-order valence-electron chi connectivity index (χ2n) is 2.23. The summed E-state index contributed by atoms with van der Waals surface area (Å²) in [6.07, 6.45) is 8.42. The molecule has 0 aromatic carbocycles. The smallest absolute Gasteiger partial charge is 0.0452 e. The predicted molar refractivity (Wildman–Crippen MR) is 49.2 cm³/mol. The fraction of sp³-hybridized carbons (Fsp3) is 0.200. The first-order valence-corrected chi connectivity index (χ1v) is 3.88. The summed E-state index contributed by atoms with van der Waals surface area (Å²) in [5.41, 5.74) is 1.07. The minimum Gasteiger partial charge on any atom is -0.0928 e. The van der Waals surface area contributed by atoms with Gasteiger partial charge >= 0.3 is 0 Å². The zero-order valence-corrected chi connectivity index (χ0v) is 7.15. The van der Waals surface area contributed by atoms with Gasteiger partial charge in [0.2, 0.25) is 0 Å². The lowest BCUT2D eigenvalue weighted by Gasteiger charge is -1.90. The maximum atomic E-state index is 5.84. The summed E-state index contributed by atoms with van der Waals surface area (Å²) in [4.78, 5) is 0. The molecule has 0 unspecified atom stereocenters. The maximum Gasteiger partial charge on any atom is 0.0452 e. The molecule has 1 heteroatoms. The van der Waals surface area contributed by atoms with E-state index in [1.165, 1.54) is 0 Å². The van der Waals surface area contributed by atoms with Crippen LogP contribution in [0.25, 0.3) is 0 Å². The Hall–Kier alpha value is -0.930. The van der Waals surface area contributed by atoms with E-state index in [1.807, 2.05) is 31.2 Å². The Morgan fingerprint density at radius 2 is 2.45 bits per heavy atom. The van der Waals surface area contributed by atoms with Gasteiger partial charge < -0.3 is 0 Å². The van der Waals surface area contributed by atoms with Crippen LogP contribution in [0.5, 0.6) is 0 Å². The van der Waals surface area contributed by atoms with Crippen LogP contribution in [0.3, 0.4) is 0 Å². The van der Waals surface area contributed by atoms with E-state index >= 15 is 0 Å². The largest absolute Gasteiger partial charge is 0.0928 e. The van der Waals surface area contributed by atoms with Gasteiger partial charge in [0.05, 0.1) is 0 Å². The van der Waals surface area contributed by atoms with Gasteiger partial charge in [-0.25, -0.2) is 0 Å². The van der Waals surface area contributed by atoms with Crippen LogP contribution in [0.1, 0.15) is 13.3 Å². The molecule has 0 nitrogen and oxygen atoms in total. The summed E-state index contributed by atoms with van der Waals surface area (Å²) in [5, 5.41) is 0.805. The molecule has 0 heterocycles. The van der Waals surface area contributed by atoms with Gasteiger partial charge in [0.1, 0.15) is 0 Å². The second kappa shape index (κ2) is 4.05. The minimum absolute atomic E-state index is 0.666. The molecular weight excluding hydrogens is 156 g/mol. The molecule has 11 heavy (non-hydrogen) atoms. The first kappa shape index (κ1) is 8.17. The first-order valence-electron chi connectivity index (χ1n) is 3.50. The van der Waals surface area contributed by atoms with E-state index in [0.29, 0.717) is 6.42 Å². The Morgan fingerprint density at radius 1 is 1.64 bits per heavy atom. The molecule has 1 rings (SSSR count). The molecule has 0 saturated carbocycles. The van der Waals surface area contributed by atoms with Crippen LogP contribution in [0.4, 0.5) is 0 Å². The van der Waals surface area contributed by atoms with Crippen molar-refractivity contribution in [3.8, 4) is 11.8 Å². The Balaban J connectivity index is 2.88. The van der Waals surface area contributed by atoms with Gasteiger partial charge in [0.15, 0.2) is 0 Å². The Bertz CT molecular complexity index is 282. The van der Waals surface area contributed by atoms with Crippen LogP contribution in [0.15, 0.2) is 34.9 Å². The highest BCUT2D eigenvalue weighted by Gasteiger charge is 1.93. The van der Waals surface area contributed by atoms with Crippen molar-refractivity contribution in [2.75, 3.05) is 0 Å². The van der Waals surface area contributed by atoms with Gasteiger partial charge in [-0.05, 0) is 24.6 Å². The summed E-state index contributed by atoms with van der Waals surface area (Å²) >= 11 is 5.84. The molecule has 0 atom stereocenters. The molecule has 1 aliphatic rings. The van der Waals surface area contributed by atoms with Gasteiger partial charge in [-0.3, -0.25) is 0 Å². The number of allylic oxidation sites excluding steroid dienone is 6. The molecule has 56 valence electrons. The molecule has 0 aliphatic heterocycles. The van der Waals surface area contributed by atoms with Crippen LogP contribution < -0.4 is 0 Å². The second-order valence-corrected chi connectivity index (χ2v) is 2.72. The van der Waals surface area contributed by atoms with E-state index in [1.54, 1.807) is 0 Å². The molecule has 1 aliphatic carbocycles. The van der Waals surface area contributed by atoms with Crippen molar-refractivity contribution in [1.82, 2.24) is 0 Å². The molecule has 0 saturated heterocycles. The van der Waals surface area contributed by atoms with Crippen molar-refractivity contribution in [3.05, 3.63) is 34.9 Å². The van der Waals surface area contributed by atoms with Gasteiger partial charge in [0.25, 0.3) is 0 Å². The Kier molecular flexibility index (Phi) is 3.01. The van der Waals surface area contributed by atoms with E-state index < -0.39 is 0 Å². The zero-order valence-electron chi connectivity index (χ0n) is 6.39. The third-order valence-electron chi connectivity index (χ3n) is 1.28. The van der Waals surface area contributed by atoms with Crippen molar-refractivity contribution in [2.24, 2.45) is 0 Å². The summed E-state index contributed by atoms with van der Waals surface area (Å²) in [6.45, 7) is 1.97. The lowest BCUT2D eigenvalue weighted by molar-refractivity contribution is 1.42.